The lowest BCUT2D eigenvalue weighted by atomic mass is 10.1. The van der Waals surface area contributed by atoms with Crippen LogP contribution in [0.1, 0.15) is 50.6 Å². The molecule has 3 aromatic rings. The third-order valence-electron chi connectivity index (χ3n) is 6.65. The van der Waals surface area contributed by atoms with Crippen molar-refractivity contribution in [3.8, 4) is 0 Å². The van der Waals surface area contributed by atoms with Crippen LogP contribution in [0.15, 0.2) is 60.3 Å². The van der Waals surface area contributed by atoms with Crippen molar-refractivity contribution in [2.75, 3.05) is 32.5 Å². The van der Waals surface area contributed by atoms with Crippen LogP contribution < -0.4 is 10.9 Å². The quantitative estimate of drug-likeness (QED) is 0.326. The lowest BCUT2D eigenvalue weighted by Gasteiger charge is -2.27. The van der Waals surface area contributed by atoms with Crippen molar-refractivity contribution in [1.29, 1.82) is 0 Å². The lowest BCUT2D eigenvalue weighted by Crippen LogP contribution is -2.33. The van der Waals surface area contributed by atoms with Gasteiger partial charge in [0.05, 0.1) is 29.7 Å². The number of anilines is 1. The fraction of sp³-hybridized carbons (Fsp3) is 0.433. The molecule has 0 saturated heterocycles. The molecule has 0 amide bonds. The number of likely N-dealkylation sites (N-methyl/N-ethyl adjacent to an activating group) is 2. The second kappa shape index (κ2) is 13.4. The Bertz CT molecular complexity index is 1370. The fourth-order valence-electron chi connectivity index (χ4n) is 4.44. The molecular weight excluding hydrogens is 493 g/mol. The Morgan fingerprint density at radius 1 is 1.26 bits per heavy atom. The van der Waals surface area contributed by atoms with Gasteiger partial charge in [0, 0.05) is 44.1 Å². The molecule has 9 heteroatoms. The van der Waals surface area contributed by atoms with Gasteiger partial charge in [0.15, 0.2) is 0 Å². The molecule has 0 bridgehead atoms. The van der Waals surface area contributed by atoms with Crippen LogP contribution in [0.2, 0.25) is 0 Å². The first-order valence-electron chi connectivity index (χ1n) is 13.6. The molecule has 0 aromatic carbocycles. The summed E-state index contributed by atoms with van der Waals surface area (Å²) in [5, 5.41) is 7.69. The zero-order valence-corrected chi connectivity index (χ0v) is 24.0. The van der Waals surface area contributed by atoms with Crippen molar-refractivity contribution in [2.45, 2.75) is 53.1 Å². The van der Waals surface area contributed by atoms with E-state index >= 15 is 0 Å². The largest absolute Gasteiger partial charge is 0.377 e. The van der Waals surface area contributed by atoms with Gasteiger partial charge in [0.25, 0.3) is 5.56 Å². The Labute approximate surface area is 231 Å². The van der Waals surface area contributed by atoms with E-state index in [-0.39, 0.29) is 5.56 Å². The van der Waals surface area contributed by atoms with Crippen LogP contribution in [0.5, 0.6) is 0 Å². The van der Waals surface area contributed by atoms with E-state index in [2.05, 4.69) is 52.0 Å². The molecule has 0 spiro atoms. The van der Waals surface area contributed by atoms with E-state index in [1.54, 1.807) is 12.1 Å². The van der Waals surface area contributed by atoms with E-state index < -0.39 is 5.82 Å². The average Bonchev–Trinajstić information content (AvgIpc) is 3.63. The number of fused-ring (bicyclic) bond motifs is 1. The van der Waals surface area contributed by atoms with E-state index in [9.17, 15) is 9.18 Å². The van der Waals surface area contributed by atoms with Gasteiger partial charge < -0.3 is 14.8 Å². The molecule has 4 rings (SSSR count). The summed E-state index contributed by atoms with van der Waals surface area (Å²) in [5.41, 5.74) is 4.27. The Morgan fingerprint density at radius 2 is 1.97 bits per heavy atom. The minimum absolute atomic E-state index is 0.164. The fourth-order valence-corrected chi connectivity index (χ4v) is 4.44. The van der Waals surface area contributed by atoms with Crippen LogP contribution >= 0.6 is 0 Å². The number of aromatic nitrogens is 4. The molecule has 0 aliphatic heterocycles. The summed E-state index contributed by atoms with van der Waals surface area (Å²) in [7, 11) is 4.06. The molecular formula is C30H42FN7O. The monoisotopic (exact) mass is 535 g/mol. The molecule has 1 aliphatic rings. The number of allylic oxidation sites excluding steroid dienone is 1. The number of nitrogens with one attached hydrogen (secondary N) is 1. The molecule has 0 unspecified atom stereocenters. The highest BCUT2D eigenvalue weighted by molar-refractivity contribution is 5.55. The summed E-state index contributed by atoms with van der Waals surface area (Å²) in [4.78, 5) is 22.0. The number of hydrogen-bond donors (Lipinski definition) is 1. The van der Waals surface area contributed by atoms with Crippen molar-refractivity contribution in [1.82, 2.24) is 29.0 Å². The Kier molecular flexibility index (Phi) is 10.2. The second-order valence-electron chi connectivity index (χ2n) is 9.87. The number of halogens is 1. The van der Waals surface area contributed by atoms with Gasteiger partial charge in [-0.3, -0.25) is 9.69 Å². The number of aryl methyl sites for hydroxylation is 1. The first kappa shape index (κ1) is 29.8. The first-order chi connectivity index (χ1) is 18.7. The van der Waals surface area contributed by atoms with E-state index in [1.165, 1.54) is 23.4 Å². The van der Waals surface area contributed by atoms with Crippen LogP contribution in [0.4, 0.5) is 10.2 Å². The highest BCUT2D eigenvalue weighted by Crippen LogP contribution is 2.30. The zero-order chi connectivity index (χ0) is 28.7. The van der Waals surface area contributed by atoms with Crippen LogP contribution in [0, 0.1) is 11.7 Å². The number of nitrogens with zero attached hydrogens (tertiary/aromatic N) is 6. The average molecular weight is 536 g/mol. The molecule has 210 valence electrons. The van der Waals surface area contributed by atoms with Crippen molar-refractivity contribution in [3.05, 3.63) is 88.6 Å². The summed E-state index contributed by atoms with van der Waals surface area (Å²) in [6, 6.07) is 4.81. The Balaban J connectivity index is 0.00000205. The van der Waals surface area contributed by atoms with E-state index in [0.717, 1.165) is 30.1 Å². The van der Waals surface area contributed by atoms with Crippen LogP contribution in [0.3, 0.4) is 0 Å². The maximum atomic E-state index is 13.6. The predicted octanol–water partition coefficient (Wildman–Crippen LogP) is 5.17. The zero-order valence-electron chi connectivity index (χ0n) is 24.0. The van der Waals surface area contributed by atoms with Crippen molar-refractivity contribution < 1.29 is 4.39 Å². The summed E-state index contributed by atoms with van der Waals surface area (Å²) in [5.74, 6) is 0.849. The van der Waals surface area contributed by atoms with E-state index in [0.29, 0.717) is 54.5 Å². The van der Waals surface area contributed by atoms with Crippen LogP contribution in [0.25, 0.3) is 11.7 Å². The van der Waals surface area contributed by atoms with Gasteiger partial charge in [-0.1, -0.05) is 40.5 Å². The standard InChI is InChI=1S/C28H36FN7O.C2H6/c1-7-23-13-27-35(15-19(3)31-26-12-11-22(29)14-30-26)25(8-2)24(28(37)36(27)32-23)18-33(5)16-20(4)34(6)17-21-9-10-21;1-2/h8,11-14,21H,2-4,7,9-10,15-18H2,1,5-6H3,(H,30,31);1-2H3. The highest BCUT2D eigenvalue weighted by atomic mass is 19.1. The van der Waals surface area contributed by atoms with Gasteiger partial charge in [-0.15, -0.1) is 0 Å². The van der Waals surface area contributed by atoms with E-state index in [1.807, 2.05) is 38.5 Å². The van der Waals surface area contributed by atoms with Gasteiger partial charge in [-0.25, -0.2) is 9.37 Å². The minimum atomic E-state index is -0.409. The van der Waals surface area contributed by atoms with Crippen LogP contribution in [-0.2, 0) is 19.5 Å². The van der Waals surface area contributed by atoms with Gasteiger partial charge in [0.2, 0.25) is 0 Å². The molecule has 0 radical (unpaired) electrons. The topological polar surface area (TPSA) is 70.7 Å². The molecule has 0 atom stereocenters. The molecule has 3 aromatic heterocycles. The SMILES string of the molecule is C=Cc1c(CN(C)CC(=C)N(C)CC2CC2)c(=O)n2nc(CC)cc2n1CC(=C)Nc1ccc(F)cn1.CC. The predicted molar refractivity (Wildman–Crippen MR) is 158 cm³/mol. The van der Waals surface area contributed by atoms with Gasteiger partial charge in [-0.2, -0.15) is 9.61 Å². The van der Waals surface area contributed by atoms with E-state index in [4.69, 9.17) is 0 Å². The van der Waals surface area contributed by atoms with Crippen LogP contribution in [-0.4, -0.2) is 56.1 Å². The molecule has 1 aliphatic carbocycles. The molecule has 8 nitrogen and oxygen atoms in total. The van der Waals surface area contributed by atoms with Crippen molar-refractivity contribution in [3.63, 3.8) is 0 Å². The lowest BCUT2D eigenvalue weighted by molar-refractivity contribution is 0.296. The van der Waals surface area contributed by atoms with Gasteiger partial charge in [-0.05, 0) is 50.4 Å². The van der Waals surface area contributed by atoms with Gasteiger partial charge in [0.1, 0.15) is 17.3 Å². The van der Waals surface area contributed by atoms with Crippen molar-refractivity contribution >= 4 is 17.5 Å². The molecule has 1 saturated carbocycles. The van der Waals surface area contributed by atoms with Crippen molar-refractivity contribution in [2.24, 2.45) is 5.92 Å². The molecule has 1 N–H and O–H groups in total. The number of hydrogen-bond acceptors (Lipinski definition) is 6. The molecule has 3 heterocycles. The third kappa shape index (κ3) is 7.44. The number of pyridine rings is 1. The Hall–Kier alpha value is -3.72. The smallest absolute Gasteiger partial charge is 0.279 e. The summed E-state index contributed by atoms with van der Waals surface area (Å²) in [6.45, 7) is 20.8. The molecule has 39 heavy (non-hydrogen) atoms. The summed E-state index contributed by atoms with van der Waals surface area (Å²) < 4.78 is 16.7. The maximum absolute atomic E-state index is 13.6. The maximum Gasteiger partial charge on any atom is 0.279 e. The second-order valence-corrected chi connectivity index (χ2v) is 9.87. The highest BCUT2D eigenvalue weighted by Gasteiger charge is 2.24. The van der Waals surface area contributed by atoms with Gasteiger partial charge >= 0.3 is 0 Å². The first-order valence-corrected chi connectivity index (χ1v) is 13.6. The molecule has 1 fully saturated rings. The number of rotatable bonds is 13. The minimum Gasteiger partial charge on any atom is -0.377 e. The Morgan fingerprint density at radius 3 is 2.56 bits per heavy atom. The summed E-state index contributed by atoms with van der Waals surface area (Å²) >= 11 is 0. The third-order valence-corrected chi connectivity index (χ3v) is 6.65. The summed E-state index contributed by atoms with van der Waals surface area (Å²) in [6.07, 6.45) is 6.14. The normalized spacial score (nSPS) is 12.7.